The minimum absolute atomic E-state index is 0.00972. The predicted octanol–water partition coefficient (Wildman–Crippen LogP) is 4.15. The molecule has 0 bridgehead atoms. The van der Waals surface area contributed by atoms with Crippen LogP contribution in [-0.2, 0) is 14.3 Å². The molecule has 3 rings (SSSR count). The summed E-state index contributed by atoms with van der Waals surface area (Å²) in [6.07, 6.45) is 3.44. The van der Waals surface area contributed by atoms with Crippen LogP contribution < -0.4 is 0 Å². The zero-order valence-electron chi connectivity index (χ0n) is 16.2. The third-order valence-electron chi connectivity index (χ3n) is 6.89. The molecule has 0 heterocycles. The third-order valence-corrected chi connectivity index (χ3v) is 6.89. The number of carbonyl (C=O) groups is 2. The van der Waals surface area contributed by atoms with Crippen LogP contribution in [0.25, 0.3) is 0 Å². The van der Waals surface area contributed by atoms with Crippen LogP contribution in [0, 0.1) is 22.7 Å². The molecule has 1 saturated carbocycles. The van der Waals surface area contributed by atoms with Crippen molar-refractivity contribution in [2.45, 2.75) is 66.4 Å². The van der Waals surface area contributed by atoms with Crippen molar-refractivity contribution in [2.75, 3.05) is 7.11 Å². The molecule has 138 valence electrons. The van der Waals surface area contributed by atoms with Crippen molar-refractivity contribution >= 4 is 11.6 Å². The highest BCUT2D eigenvalue weighted by atomic mass is 16.5. The molecule has 4 nitrogen and oxygen atoms in total. The van der Waals surface area contributed by atoms with E-state index in [0.717, 1.165) is 25.7 Å². The van der Waals surface area contributed by atoms with Gasteiger partial charge in [0, 0.05) is 29.2 Å². The van der Waals surface area contributed by atoms with Gasteiger partial charge in [-0.15, -0.1) is 0 Å². The molecule has 0 aromatic heterocycles. The number of hydrogen-bond donors (Lipinski definition) is 1. The molecule has 0 unspecified atom stereocenters. The molecule has 0 amide bonds. The lowest BCUT2D eigenvalue weighted by Gasteiger charge is -2.56. The van der Waals surface area contributed by atoms with Gasteiger partial charge in [-0.3, -0.25) is 9.59 Å². The van der Waals surface area contributed by atoms with Crippen LogP contribution in [0.1, 0.15) is 60.3 Å². The summed E-state index contributed by atoms with van der Waals surface area (Å²) < 4.78 is 5.71. The Bertz CT molecular complexity index is 695. The number of Topliss-reactive ketones (excluding diaryl/α,β-unsaturated/α-hetero) is 2. The van der Waals surface area contributed by atoms with Crippen LogP contribution in [0.2, 0.25) is 0 Å². The van der Waals surface area contributed by atoms with Crippen molar-refractivity contribution in [3.63, 3.8) is 0 Å². The van der Waals surface area contributed by atoms with Gasteiger partial charge in [0.1, 0.15) is 5.76 Å². The van der Waals surface area contributed by atoms with E-state index in [2.05, 4.69) is 20.8 Å². The van der Waals surface area contributed by atoms with Gasteiger partial charge in [0.15, 0.2) is 0 Å². The number of carbonyl (C=O) groups excluding carboxylic acids is 2. The lowest BCUT2D eigenvalue weighted by Crippen LogP contribution is -2.53. The lowest BCUT2D eigenvalue weighted by molar-refractivity contribution is -0.135. The van der Waals surface area contributed by atoms with Crippen LogP contribution in [0.5, 0.6) is 0 Å². The molecule has 0 aliphatic heterocycles. The smallest absolute Gasteiger partial charge is 0.233 e. The zero-order chi connectivity index (χ0) is 18.7. The first-order chi connectivity index (χ1) is 11.6. The van der Waals surface area contributed by atoms with E-state index in [1.807, 2.05) is 13.8 Å². The Labute approximate surface area is 150 Å². The first kappa shape index (κ1) is 18.4. The van der Waals surface area contributed by atoms with E-state index in [-0.39, 0.29) is 40.1 Å². The molecule has 0 saturated heterocycles. The molecule has 3 aliphatic rings. The fourth-order valence-corrected chi connectivity index (χ4v) is 5.69. The molecule has 3 atom stereocenters. The number of methoxy groups -OCH3 is 1. The highest BCUT2D eigenvalue weighted by Gasteiger charge is 2.57. The van der Waals surface area contributed by atoms with Crippen LogP contribution in [0.3, 0.4) is 0 Å². The van der Waals surface area contributed by atoms with Gasteiger partial charge in [0.2, 0.25) is 11.6 Å². The Balaban J connectivity index is 2.29. The van der Waals surface area contributed by atoms with E-state index < -0.39 is 11.6 Å². The number of aliphatic hydroxyl groups is 1. The Kier molecular flexibility index (Phi) is 4.26. The average molecular weight is 346 g/mol. The number of rotatable bonds is 2. The van der Waals surface area contributed by atoms with E-state index in [0.29, 0.717) is 11.1 Å². The van der Waals surface area contributed by atoms with Gasteiger partial charge in [-0.2, -0.15) is 0 Å². The number of ether oxygens (including phenoxy) is 1. The molecular formula is C21H30O4. The van der Waals surface area contributed by atoms with Crippen molar-refractivity contribution < 1.29 is 19.4 Å². The van der Waals surface area contributed by atoms with E-state index >= 15 is 0 Å². The van der Waals surface area contributed by atoms with E-state index in [1.54, 1.807) is 7.11 Å². The minimum Gasteiger partial charge on any atom is -0.507 e. The Morgan fingerprint density at radius 3 is 2.32 bits per heavy atom. The molecule has 1 N–H and O–H groups in total. The molecule has 3 aliphatic carbocycles. The SMILES string of the molecule is CO[C@H]1C[C@H]2C(C)(C)CCC[C@]2(C)C2=C1C(O)=C(C(C)C)C(=O)C2=O. The quantitative estimate of drug-likeness (QED) is 0.602. The maximum absolute atomic E-state index is 13.1. The summed E-state index contributed by atoms with van der Waals surface area (Å²) in [5.74, 6) is -0.918. The van der Waals surface area contributed by atoms with Gasteiger partial charge >= 0.3 is 0 Å². The largest absolute Gasteiger partial charge is 0.507 e. The molecule has 1 fully saturated rings. The first-order valence-corrected chi connectivity index (χ1v) is 9.36. The highest BCUT2D eigenvalue weighted by Crippen LogP contribution is 2.61. The number of hydrogen-bond acceptors (Lipinski definition) is 4. The zero-order valence-corrected chi connectivity index (χ0v) is 16.2. The van der Waals surface area contributed by atoms with Crippen molar-refractivity contribution in [2.24, 2.45) is 22.7 Å². The molecule has 4 heteroatoms. The topological polar surface area (TPSA) is 63.6 Å². The Morgan fingerprint density at radius 1 is 1.12 bits per heavy atom. The number of allylic oxidation sites excluding steroid dienone is 2. The van der Waals surface area contributed by atoms with Gasteiger partial charge in [0.25, 0.3) is 0 Å². The van der Waals surface area contributed by atoms with Gasteiger partial charge in [0.05, 0.1) is 6.10 Å². The second kappa shape index (κ2) is 5.80. The molecule has 25 heavy (non-hydrogen) atoms. The number of ketones is 2. The normalized spacial score (nSPS) is 35.2. The van der Waals surface area contributed by atoms with Crippen LogP contribution >= 0.6 is 0 Å². The van der Waals surface area contributed by atoms with Gasteiger partial charge < -0.3 is 9.84 Å². The Morgan fingerprint density at radius 2 is 1.76 bits per heavy atom. The molecular weight excluding hydrogens is 316 g/mol. The molecule has 0 spiro atoms. The monoisotopic (exact) mass is 346 g/mol. The van der Waals surface area contributed by atoms with Crippen molar-refractivity contribution in [1.29, 1.82) is 0 Å². The lowest BCUT2D eigenvalue weighted by atomic mass is 9.48. The fraction of sp³-hybridized carbons (Fsp3) is 0.714. The third kappa shape index (κ3) is 2.44. The summed E-state index contributed by atoms with van der Waals surface area (Å²) >= 11 is 0. The molecule has 0 radical (unpaired) electrons. The Hall–Kier alpha value is -1.42. The summed E-state index contributed by atoms with van der Waals surface area (Å²) in [4.78, 5) is 25.9. The van der Waals surface area contributed by atoms with E-state index in [1.165, 1.54) is 0 Å². The van der Waals surface area contributed by atoms with Crippen LogP contribution in [0.4, 0.5) is 0 Å². The average Bonchev–Trinajstić information content (AvgIpc) is 2.50. The summed E-state index contributed by atoms with van der Waals surface area (Å²) in [5, 5.41) is 10.9. The van der Waals surface area contributed by atoms with E-state index in [9.17, 15) is 14.7 Å². The van der Waals surface area contributed by atoms with Crippen molar-refractivity contribution in [3.8, 4) is 0 Å². The molecule has 0 aromatic carbocycles. The van der Waals surface area contributed by atoms with E-state index in [4.69, 9.17) is 4.74 Å². The summed E-state index contributed by atoms with van der Waals surface area (Å²) in [6, 6.07) is 0. The van der Waals surface area contributed by atoms with Gasteiger partial charge in [-0.1, -0.05) is 41.0 Å². The highest BCUT2D eigenvalue weighted by molar-refractivity contribution is 6.50. The van der Waals surface area contributed by atoms with Crippen LogP contribution in [-0.4, -0.2) is 29.9 Å². The predicted molar refractivity (Wildman–Crippen MR) is 96.2 cm³/mol. The minimum atomic E-state index is -0.536. The standard InChI is InChI=1S/C21H30O4/c1-11(2)14-17(22)15-12(25-6)10-13-20(3,4)8-7-9-21(13,5)16(15)19(24)18(14)23/h11-13,22H,7-10H2,1-6H3/t12-,13-,21-/m0/s1. The van der Waals surface area contributed by atoms with Gasteiger partial charge in [-0.05, 0) is 36.5 Å². The number of fused-ring (bicyclic) bond motifs is 2. The maximum atomic E-state index is 13.1. The molecule has 0 aromatic rings. The van der Waals surface area contributed by atoms with Crippen LogP contribution in [0.15, 0.2) is 22.5 Å². The maximum Gasteiger partial charge on any atom is 0.233 e. The second-order valence-corrected chi connectivity index (χ2v) is 9.14. The summed E-state index contributed by atoms with van der Waals surface area (Å²) in [6.45, 7) is 10.3. The first-order valence-electron chi connectivity index (χ1n) is 9.36. The summed E-state index contributed by atoms with van der Waals surface area (Å²) in [7, 11) is 1.62. The summed E-state index contributed by atoms with van der Waals surface area (Å²) in [5.41, 5.74) is 1.03. The number of aliphatic hydroxyl groups excluding tert-OH is 1. The van der Waals surface area contributed by atoms with Crippen molar-refractivity contribution in [3.05, 3.63) is 22.5 Å². The second-order valence-electron chi connectivity index (χ2n) is 9.14. The van der Waals surface area contributed by atoms with Gasteiger partial charge in [-0.25, -0.2) is 0 Å². The van der Waals surface area contributed by atoms with Crippen molar-refractivity contribution in [1.82, 2.24) is 0 Å². The fourth-order valence-electron chi connectivity index (χ4n) is 5.69.